The van der Waals surface area contributed by atoms with E-state index in [1.54, 1.807) is 81.4 Å². The van der Waals surface area contributed by atoms with Crippen molar-refractivity contribution >= 4 is 23.5 Å². The Kier molecular flexibility index (Phi) is 6.31. The lowest BCUT2D eigenvalue weighted by atomic mass is 9.74. The molecule has 0 saturated heterocycles. The van der Waals surface area contributed by atoms with Crippen molar-refractivity contribution in [3.8, 4) is 5.75 Å². The monoisotopic (exact) mass is 469 g/mol. The molecule has 6 heteroatoms. The van der Waals surface area contributed by atoms with Gasteiger partial charge in [-0.15, -0.1) is 0 Å². The molecule has 0 aliphatic carbocycles. The van der Waals surface area contributed by atoms with E-state index in [0.717, 1.165) is 4.90 Å². The Morgan fingerprint density at radius 2 is 1.54 bits per heavy atom. The third-order valence-electron chi connectivity index (χ3n) is 5.76. The molecule has 3 aromatic carbocycles. The van der Waals surface area contributed by atoms with Crippen molar-refractivity contribution < 1.29 is 23.9 Å². The number of anilines is 1. The molecule has 0 aromatic heterocycles. The number of benzene rings is 3. The smallest absolute Gasteiger partial charge is 0.421 e. The molecule has 1 aliphatic rings. The number of ether oxygens (including phenoxy) is 2. The molecule has 2 amide bonds. The van der Waals surface area contributed by atoms with Gasteiger partial charge in [-0.25, -0.2) is 9.69 Å². The first kappa shape index (κ1) is 24.0. The molecule has 1 atom stereocenters. The minimum Gasteiger partial charge on any atom is -0.497 e. The number of methoxy groups -OCH3 is 1. The Morgan fingerprint density at radius 3 is 2.14 bits per heavy atom. The molecule has 0 N–H and O–H groups in total. The average Bonchev–Trinajstić information content (AvgIpc) is 3.10. The minimum absolute atomic E-state index is 0.256. The summed E-state index contributed by atoms with van der Waals surface area (Å²) in [5, 5.41) is 0. The molecule has 0 unspecified atom stereocenters. The van der Waals surface area contributed by atoms with Crippen molar-refractivity contribution in [1.29, 1.82) is 0 Å². The number of carbonyl (C=O) groups excluding carboxylic acids is 3. The number of ketones is 1. The topological polar surface area (TPSA) is 72.9 Å². The lowest BCUT2D eigenvalue weighted by Crippen LogP contribution is -2.45. The molecule has 35 heavy (non-hydrogen) atoms. The summed E-state index contributed by atoms with van der Waals surface area (Å²) in [6.45, 7) is 5.22. The standard InChI is InChI=1S/C29H27NO5/c1-28(2,3)35-27(33)30-24-16-15-22(34-4)19-23(24)29(26(30)32,21-13-9-6-10-14-21)18-17-25(31)20-11-7-5-8-12-20/h5-19H,1-4H3/b18-17-/t29-/m0/s1. The van der Waals surface area contributed by atoms with E-state index < -0.39 is 23.0 Å². The summed E-state index contributed by atoms with van der Waals surface area (Å²) < 4.78 is 11.0. The Morgan fingerprint density at radius 1 is 0.914 bits per heavy atom. The van der Waals surface area contributed by atoms with E-state index in [1.807, 2.05) is 24.3 Å². The van der Waals surface area contributed by atoms with Gasteiger partial charge in [0, 0.05) is 11.1 Å². The van der Waals surface area contributed by atoms with Crippen LogP contribution in [0.3, 0.4) is 0 Å². The Balaban J connectivity index is 1.93. The number of imide groups is 1. The van der Waals surface area contributed by atoms with Gasteiger partial charge < -0.3 is 9.47 Å². The van der Waals surface area contributed by atoms with Crippen LogP contribution in [0.4, 0.5) is 10.5 Å². The Labute approximate surface area is 204 Å². The van der Waals surface area contributed by atoms with Gasteiger partial charge in [0.1, 0.15) is 16.8 Å². The molecule has 0 spiro atoms. The zero-order valence-electron chi connectivity index (χ0n) is 20.1. The second-order valence-corrected chi connectivity index (χ2v) is 9.24. The predicted molar refractivity (Wildman–Crippen MR) is 134 cm³/mol. The molecule has 4 rings (SSSR count). The zero-order chi connectivity index (χ0) is 25.2. The van der Waals surface area contributed by atoms with Crippen LogP contribution in [0.5, 0.6) is 5.75 Å². The lowest BCUT2D eigenvalue weighted by molar-refractivity contribution is -0.120. The number of nitrogens with zero attached hydrogens (tertiary/aromatic N) is 1. The summed E-state index contributed by atoms with van der Waals surface area (Å²) in [5.74, 6) is -0.266. The van der Waals surface area contributed by atoms with E-state index in [0.29, 0.717) is 28.1 Å². The molecule has 6 nitrogen and oxygen atoms in total. The van der Waals surface area contributed by atoms with Crippen LogP contribution in [0, 0.1) is 0 Å². The quantitative estimate of drug-likeness (QED) is 0.354. The third kappa shape index (κ3) is 4.47. The molecule has 1 aliphatic heterocycles. The number of amides is 2. The van der Waals surface area contributed by atoms with Crippen LogP contribution in [0.2, 0.25) is 0 Å². The fraction of sp³-hybridized carbons (Fsp3) is 0.207. The molecular weight excluding hydrogens is 442 g/mol. The maximum absolute atomic E-state index is 14.2. The number of allylic oxidation sites excluding steroid dienone is 1. The third-order valence-corrected chi connectivity index (χ3v) is 5.76. The summed E-state index contributed by atoms with van der Waals surface area (Å²) in [6.07, 6.45) is 2.18. The molecular formula is C29H27NO5. The summed E-state index contributed by atoms with van der Waals surface area (Å²) in [5.41, 5.74) is -0.232. The highest BCUT2D eigenvalue weighted by atomic mass is 16.6. The van der Waals surface area contributed by atoms with E-state index >= 15 is 0 Å². The molecule has 3 aromatic rings. The fourth-order valence-corrected chi connectivity index (χ4v) is 4.18. The van der Waals surface area contributed by atoms with E-state index in [4.69, 9.17) is 9.47 Å². The van der Waals surface area contributed by atoms with Gasteiger partial charge in [0.2, 0.25) is 0 Å². The summed E-state index contributed by atoms with van der Waals surface area (Å²) >= 11 is 0. The SMILES string of the molecule is COc1ccc2c(c1)[C@](/C=C\C(=O)c1ccccc1)(c1ccccc1)C(=O)N2C(=O)OC(C)(C)C. The van der Waals surface area contributed by atoms with Gasteiger partial charge in [-0.05, 0) is 50.6 Å². The Hall–Kier alpha value is -4.19. The minimum atomic E-state index is -1.44. The fourth-order valence-electron chi connectivity index (χ4n) is 4.18. The maximum Gasteiger partial charge on any atom is 0.421 e. The van der Waals surface area contributed by atoms with Crippen LogP contribution >= 0.6 is 0 Å². The number of fused-ring (bicyclic) bond motifs is 1. The first-order valence-corrected chi connectivity index (χ1v) is 11.3. The van der Waals surface area contributed by atoms with Crippen molar-refractivity contribution in [2.24, 2.45) is 0 Å². The second kappa shape index (κ2) is 9.22. The number of hydrogen-bond acceptors (Lipinski definition) is 5. The highest BCUT2D eigenvalue weighted by Crippen LogP contribution is 2.49. The van der Waals surface area contributed by atoms with Crippen molar-refractivity contribution in [3.63, 3.8) is 0 Å². The van der Waals surface area contributed by atoms with Crippen molar-refractivity contribution in [1.82, 2.24) is 0 Å². The van der Waals surface area contributed by atoms with E-state index in [-0.39, 0.29) is 5.78 Å². The summed E-state index contributed by atoms with van der Waals surface area (Å²) in [4.78, 5) is 41.4. The number of rotatable bonds is 5. The Bertz CT molecular complexity index is 1290. The van der Waals surface area contributed by atoms with Crippen LogP contribution in [-0.2, 0) is 14.9 Å². The summed E-state index contributed by atoms with van der Waals surface area (Å²) in [7, 11) is 1.53. The zero-order valence-corrected chi connectivity index (χ0v) is 20.1. The highest BCUT2D eigenvalue weighted by Gasteiger charge is 2.54. The second-order valence-electron chi connectivity index (χ2n) is 9.24. The number of hydrogen-bond donors (Lipinski definition) is 0. The molecule has 0 bridgehead atoms. The summed E-state index contributed by atoms with van der Waals surface area (Å²) in [6, 6.07) is 22.9. The predicted octanol–water partition coefficient (Wildman–Crippen LogP) is 5.70. The van der Waals surface area contributed by atoms with Crippen molar-refractivity contribution in [3.05, 3.63) is 108 Å². The van der Waals surface area contributed by atoms with Crippen LogP contribution in [0.15, 0.2) is 91.0 Å². The molecule has 0 fully saturated rings. The van der Waals surface area contributed by atoms with Gasteiger partial charge in [-0.2, -0.15) is 0 Å². The van der Waals surface area contributed by atoms with Gasteiger partial charge in [-0.1, -0.05) is 66.7 Å². The van der Waals surface area contributed by atoms with Crippen LogP contribution < -0.4 is 9.64 Å². The molecule has 1 heterocycles. The largest absolute Gasteiger partial charge is 0.497 e. The normalized spacial score (nSPS) is 17.4. The first-order valence-electron chi connectivity index (χ1n) is 11.3. The van der Waals surface area contributed by atoms with Crippen LogP contribution in [0.1, 0.15) is 42.3 Å². The van der Waals surface area contributed by atoms with Crippen molar-refractivity contribution in [2.75, 3.05) is 12.0 Å². The van der Waals surface area contributed by atoms with Crippen molar-refractivity contribution in [2.45, 2.75) is 31.8 Å². The molecule has 178 valence electrons. The van der Waals surface area contributed by atoms with Crippen LogP contribution in [-0.4, -0.2) is 30.5 Å². The van der Waals surface area contributed by atoms with Gasteiger partial charge in [0.15, 0.2) is 5.78 Å². The highest BCUT2D eigenvalue weighted by molar-refractivity contribution is 6.24. The molecule has 0 radical (unpaired) electrons. The molecule has 0 saturated carbocycles. The lowest BCUT2D eigenvalue weighted by Gasteiger charge is -2.27. The van der Waals surface area contributed by atoms with E-state index in [9.17, 15) is 14.4 Å². The van der Waals surface area contributed by atoms with E-state index in [2.05, 4.69) is 0 Å². The first-order chi connectivity index (χ1) is 16.7. The number of carbonyl (C=O) groups is 3. The van der Waals surface area contributed by atoms with Gasteiger partial charge in [0.25, 0.3) is 5.91 Å². The van der Waals surface area contributed by atoms with Gasteiger partial charge in [0.05, 0.1) is 12.8 Å². The maximum atomic E-state index is 14.2. The van der Waals surface area contributed by atoms with Gasteiger partial charge >= 0.3 is 6.09 Å². The average molecular weight is 470 g/mol. The van der Waals surface area contributed by atoms with Crippen LogP contribution in [0.25, 0.3) is 0 Å². The van der Waals surface area contributed by atoms with Gasteiger partial charge in [-0.3, -0.25) is 9.59 Å². The van der Waals surface area contributed by atoms with E-state index in [1.165, 1.54) is 13.2 Å².